The molecule has 2 heteroatoms. The molecular weight excluding hydrogens is 212 g/mol. The summed E-state index contributed by atoms with van der Waals surface area (Å²) in [6, 6.07) is 10.6. The quantitative estimate of drug-likeness (QED) is 0.704. The van der Waals surface area contributed by atoms with Gasteiger partial charge in [0.1, 0.15) is 0 Å². The summed E-state index contributed by atoms with van der Waals surface area (Å²) in [5, 5.41) is 0. The highest BCUT2D eigenvalue weighted by Crippen LogP contribution is 2.35. The van der Waals surface area contributed by atoms with Gasteiger partial charge in [-0.2, -0.15) is 0 Å². The highest BCUT2D eigenvalue weighted by Gasteiger charge is 2.35. The minimum atomic E-state index is -1.54. The van der Waals surface area contributed by atoms with Crippen LogP contribution >= 0.6 is 0 Å². The Morgan fingerprint density at radius 3 is 1.94 bits per heavy atom. The number of rotatable bonds is 4. The van der Waals surface area contributed by atoms with Gasteiger partial charge in [0.2, 0.25) is 0 Å². The monoisotopic (exact) mass is 236 g/mol. The van der Waals surface area contributed by atoms with Crippen LogP contribution in [-0.2, 0) is 10.0 Å². The van der Waals surface area contributed by atoms with Gasteiger partial charge in [0.15, 0.2) is 8.32 Å². The van der Waals surface area contributed by atoms with E-state index in [9.17, 15) is 0 Å². The first kappa shape index (κ1) is 13.5. The van der Waals surface area contributed by atoms with Gasteiger partial charge < -0.3 is 4.43 Å². The average molecular weight is 236 g/mol. The van der Waals surface area contributed by atoms with Crippen LogP contribution in [0.15, 0.2) is 30.3 Å². The second-order valence-electron chi connectivity index (χ2n) is 5.84. The molecule has 0 saturated carbocycles. The highest BCUT2D eigenvalue weighted by atomic mass is 28.4. The van der Waals surface area contributed by atoms with Gasteiger partial charge >= 0.3 is 0 Å². The van der Waals surface area contributed by atoms with Crippen LogP contribution < -0.4 is 0 Å². The Kier molecular flexibility index (Phi) is 3.97. The predicted molar refractivity (Wildman–Crippen MR) is 73.1 cm³/mol. The van der Waals surface area contributed by atoms with E-state index in [1.54, 1.807) is 0 Å². The van der Waals surface area contributed by atoms with Crippen LogP contribution in [0.25, 0.3) is 0 Å². The molecule has 0 amide bonds. The SMILES string of the molecule is CC(C)C(C)(O[Si](C)(C)C)c1ccccc1. The zero-order chi connectivity index (χ0) is 12.4. The molecule has 90 valence electrons. The summed E-state index contributed by atoms with van der Waals surface area (Å²) in [4.78, 5) is 0. The molecule has 1 rings (SSSR count). The molecular formula is C14H24OSi. The lowest BCUT2D eigenvalue weighted by Gasteiger charge is -2.40. The second-order valence-corrected chi connectivity index (χ2v) is 10.3. The highest BCUT2D eigenvalue weighted by molar-refractivity contribution is 6.69. The Hall–Kier alpha value is -0.603. The lowest BCUT2D eigenvalue weighted by atomic mass is 9.85. The molecule has 0 spiro atoms. The first-order valence-corrected chi connectivity index (χ1v) is 9.42. The van der Waals surface area contributed by atoms with Crippen molar-refractivity contribution < 1.29 is 4.43 Å². The molecule has 0 N–H and O–H groups in total. The third-order valence-corrected chi connectivity index (χ3v) is 4.00. The topological polar surface area (TPSA) is 9.23 Å². The van der Waals surface area contributed by atoms with Crippen molar-refractivity contribution in [2.45, 2.75) is 46.0 Å². The molecule has 1 aromatic carbocycles. The predicted octanol–water partition coefficient (Wildman–Crippen LogP) is 4.41. The fourth-order valence-electron chi connectivity index (χ4n) is 1.92. The molecule has 16 heavy (non-hydrogen) atoms. The van der Waals surface area contributed by atoms with E-state index in [-0.39, 0.29) is 5.60 Å². The van der Waals surface area contributed by atoms with E-state index in [1.807, 2.05) is 0 Å². The van der Waals surface area contributed by atoms with Crippen molar-refractivity contribution in [2.24, 2.45) is 5.92 Å². The van der Waals surface area contributed by atoms with Gasteiger partial charge in [-0.25, -0.2) is 0 Å². The van der Waals surface area contributed by atoms with E-state index in [4.69, 9.17) is 4.43 Å². The molecule has 0 aliphatic heterocycles. The molecule has 0 fully saturated rings. The second kappa shape index (κ2) is 4.72. The van der Waals surface area contributed by atoms with Crippen molar-refractivity contribution in [1.82, 2.24) is 0 Å². The fourth-order valence-corrected chi connectivity index (χ4v) is 3.54. The Morgan fingerprint density at radius 2 is 1.56 bits per heavy atom. The van der Waals surface area contributed by atoms with Gasteiger partial charge in [0.05, 0.1) is 5.60 Å². The lowest BCUT2D eigenvalue weighted by molar-refractivity contribution is 0.0289. The summed E-state index contributed by atoms with van der Waals surface area (Å²) in [5.41, 5.74) is 1.12. The largest absolute Gasteiger partial charge is 0.408 e. The minimum Gasteiger partial charge on any atom is -0.408 e. The van der Waals surface area contributed by atoms with E-state index >= 15 is 0 Å². The summed E-state index contributed by atoms with van der Waals surface area (Å²) < 4.78 is 6.41. The molecule has 0 aromatic heterocycles. The van der Waals surface area contributed by atoms with Crippen molar-refractivity contribution >= 4 is 8.32 Å². The van der Waals surface area contributed by atoms with E-state index in [0.717, 1.165) is 0 Å². The molecule has 0 aliphatic carbocycles. The minimum absolute atomic E-state index is 0.161. The summed E-state index contributed by atoms with van der Waals surface area (Å²) in [5.74, 6) is 0.474. The Balaban J connectivity index is 3.08. The van der Waals surface area contributed by atoms with Crippen LogP contribution in [0, 0.1) is 5.92 Å². The van der Waals surface area contributed by atoms with Crippen LogP contribution in [0.2, 0.25) is 19.6 Å². The van der Waals surface area contributed by atoms with E-state index in [0.29, 0.717) is 5.92 Å². The van der Waals surface area contributed by atoms with E-state index in [1.165, 1.54) is 5.56 Å². The van der Waals surface area contributed by atoms with Gasteiger partial charge in [-0.3, -0.25) is 0 Å². The zero-order valence-corrected chi connectivity index (χ0v) is 12.4. The third kappa shape index (κ3) is 3.19. The molecule has 0 saturated heterocycles. The van der Waals surface area contributed by atoms with Crippen LogP contribution in [0.5, 0.6) is 0 Å². The molecule has 1 aromatic rings. The van der Waals surface area contributed by atoms with Gasteiger partial charge in [0.25, 0.3) is 0 Å². The summed E-state index contributed by atoms with van der Waals surface area (Å²) in [6.45, 7) is 13.4. The smallest absolute Gasteiger partial charge is 0.184 e. The van der Waals surface area contributed by atoms with Crippen LogP contribution in [0.4, 0.5) is 0 Å². The number of benzene rings is 1. The molecule has 0 heterocycles. The van der Waals surface area contributed by atoms with Crippen molar-refractivity contribution in [3.8, 4) is 0 Å². The van der Waals surface area contributed by atoms with Crippen LogP contribution in [-0.4, -0.2) is 8.32 Å². The van der Waals surface area contributed by atoms with Crippen molar-refractivity contribution in [2.75, 3.05) is 0 Å². The molecule has 1 nitrogen and oxygen atoms in total. The maximum absolute atomic E-state index is 6.41. The maximum Gasteiger partial charge on any atom is 0.184 e. The number of hydrogen-bond acceptors (Lipinski definition) is 1. The Morgan fingerprint density at radius 1 is 1.06 bits per heavy atom. The van der Waals surface area contributed by atoms with Crippen LogP contribution in [0.3, 0.4) is 0 Å². The van der Waals surface area contributed by atoms with E-state index in [2.05, 4.69) is 70.7 Å². The normalized spacial score (nSPS) is 16.2. The van der Waals surface area contributed by atoms with Gasteiger partial charge in [0, 0.05) is 0 Å². The first-order chi connectivity index (χ1) is 7.26. The van der Waals surface area contributed by atoms with Crippen molar-refractivity contribution in [3.63, 3.8) is 0 Å². The molecule has 0 radical (unpaired) electrons. The molecule has 0 aliphatic rings. The Bertz CT molecular complexity index is 326. The fraction of sp³-hybridized carbons (Fsp3) is 0.571. The summed E-state index contributed by atoms with van der Waals surface area (Å²) in [7, 11) is -1.54. The molecule has 1 unspecified atom stereocenters. The average Bonchev–Trinajstić information content (AvgIpc) is 2.16. The van der Waals surface area contributed by atoms with Crippen molar-refractivity contribution in [1.29, 1.82) is 0 Å². The summed E-state index contributed by atoms with van der Waals surface area (Å²) >= 11 is 0. The van der Waals surface area contributed by atoms with Gasteiger partial charge in [-0.1, -0.05) is 44.2 Å². The van der Waals surface area contributed by atoms with Crippen LogP contribution in [0.1, 0.15) is 26.3 Å². The lowest BCUT2D eigenvalue weighted by Crippen LogP contribution is -2.42. The van der Waals surface area contributed by atoms with Gasteiger partial charge in [-0.05, 0) is 38.0 Å². The molecule has 1 atom stereocenters. The third-order valence-electron chi connectivity index (χ3n) is 2.97. The van der Waals surface area contributed by atoms with Gasteiger partial charge in [-0.15, -0.1) is 0 Å². The zero-order valence-electron chi connectivity index (χ0n) is 11.4. The first-order valence-electron chi connectivity index (χ1n) is 6.01. The Labute approximate surface area is 101 Å². The summed E-state index contributed by atoms with van der Waals surface area (Å²) in [6.07, 6.45) is 0. The van der Waals surface area contributed by atoms with Crippen molar-refractivity contribution in [3.05, 3.63) is 35.9 Å². The number of hydrogen-bond donors (Lipinski definition) is 0. The van der Waals surface area contributed by atoms with E-state index < -0.39 is 8.32 Å². The maximum atomic E-state index is 6.41. The molecule has 0 bridgehead atoms. The standard InChI is InChI=1S/C14H24OSi/c1-12(2)14(3,15-16(4,5)6)13-10-8-7-9-11-13/h7-12H,1-6H3.